The highest BCUT2D eigenvalue weighted by Gasteiger charge is 2.39. The Balaban J connectivity index is 2.31. The molecule has 0 saturated carbocycles. The third-order valence-electron chi connectivity index (χ3n) is 2.77. The second-order valence-electron chi connectivity index (χ2n) is 4.31. The van der Waals surface area contributed by atoms with Gasteiger partial charge in [-0.05, 0) is 31.4 Å². The van der Waals surface area contributed by atoms with Gasteiger partial charge in [0.15, 0.2) is 5.25 Å². The summed E-state index contributed by atoms with van der Waals surface area (Å²) in [6.07, 6.45) is 1.87. The Bertz CT molecular complexity index is 728. The van der Waals surface area contributed by atoms with Crippen molar-refractivity contribution in [2.24, 2.45) is 4.99 Å². The standard InChI is InChI=1S/C12H13N3O4S2/c1-7-10(11(16)14-12(17)13-7)21(18,19)15-8-4-3-5-9(6-8)20-2/h3-6,10,15H,1-2H3,(H,14,16,17). The highest BCUT2D eigenvalue weighted by Crippen LogP contribution is 2.21. The maximum atomic E-state index is 12.3. The van der Waals surface area contributed by atoms with Crippen LogP contribution in [0, 0.1) is 0 Å². The molecule has 1 aliphatic rings. The zero-order valence-corrected chi connectivity index (χ0v) is 12.9. The Labute approximate surface area is 126 Å². The van der Waals surface area contributed by atoms with E-state index in [1.165, 1.54) is 18.7 Å². The number of hydrogen-bond acceptors (Lipinski definition) is 5. The maximum Gasteiger partial charge on any atom is 0.347 e. The molecule has 1 atom stereocenters. The minimum atomic E-state index is -4.04. The molecular weight excluding hydrogens is 314 g/mol. The monoisotopic (exact) mass is 327 g/mol. The maximum absolute atomic E-state index is 12.3. The third-order valence-corrected chi connectivity index (χ3v) is 5.19. The van der Waals surface area contributed by atoms with E-state index in [1.54, 1.807) is 18.2 Å². The van der Waals surface area contributed by atoms with E-state index in [-0.39, 0.29) is 5.71 Å². The molecule has 0 bridgehead atoms. The number of rotatable bonds is 4. The molecule has 1 aromatic carbocycles. The van der Waals surface area contributed by atoms with Crippen molar-refractivity contribution in [3.8, 4) is 0 Å². The number of nitrogens with zero attached hydrogens (tertiary/aromatic N) is 1. The summed E-state index contributed by atoms with van der Waals surface area (Å²) >= 11 is 1.46. The van der Waals surface area contributed by atoms with Crippen LogP contribution in [0.5, 0.6) is 0 Å². The molecule has 112 valence electrons. The molecule has 0 aliphatic carbocycles. The summed E-state index contributed by atoms with van der Waals surface area (Å²) < 4.78 is 27.0. The van der Waals surface area contributed by atoms with E-state index in [2.05, 4.69) is 9.71 Å². The van der Waals surface area contributed by atoms with Gasteiger partial charge in [-0.2, -0.15) is 0 Å². The number of amides is 3. The number of hydrogen-bond donors (Lipinski definition) is 2. The zero-order chi connectivity index (χ0) is 15.6. The molecule has 1 unspecified atom stereocenters. The van der Waals surface area contributed by atoms with Crippen molar-refractivity contribution in [3.63, 3.8) is 0 Å². The number of sulfonamides is 1. The van der Waals surface area contributed by atoms with Crippen molar-refractivity contribution in [2.45, 2.75) is 17.1 Å². The minimum Gasteiger partial charge on any atom is -0.283 e. The summed E-state index contributed by atoms with van der Waals surface area (Å²) in [6.45, 7) is 1.33. The molecule has 7 nitrogen and oxygen atoms in total. The number of urea groups is 1. The normalized spacial score (nSPS) is 19.0. The molecule has 1 aromatic rings. The topological polar surface area (TPSA) is 105 Å². The van der Waals surface area contributed by atoms with Gasteiger partial charge >= 0.3 is 6.03 Å². The summed E-state index contributed by atoms with van der Waals surface area (Å²) in [5, 5.41) is 0.365. The second kappa shape index (κ2) is 5.86. The summed E-state index contributed by atoms with van der Waals surface area (Å²) in [6, 6.07) is 5.92. The van der Waals surface area contributed by atoms with Crippen molar-refractivity contribution in [2.75, 3.05) is 11.0 Å². The molecule has 2 rings (SSSR count). The van der Waals surface area contributed by atoms with Crippen molar-refractivity contribution in [1.29, 1.82) is 0 Å². The Morgan fingerprint density at radius 3 is 2.67 bits per heavy atom. The minimum absolute atomic E-state index is 0.0581. The highest BCUT2D eigenvalue weighted by atomic mass is 32.2. The van der Waals surface area contributed by atoms with Crippen molar-refractivity contribution >= 4 is 45.1 Å². The predicted molar refractivity (Wildman–Crippen MR) is 81.2 cm³/mol. The van der Waals surface area contributed by atoms with Crippen molar-refractivity contribution in [1.82, 2.24) is 5.32 Å². The lowest BCUT2D eigenvalue weighted by Gasteiger charge is -2.20. The van der Waals surface area contributed by atoms with Crippen LogP contribution in [0.1, 0.15) is 6.92 Å². The van der Waals surface area contributed by atoms with Gasteiger partial charge in [0.1, 0.15) is 0 Å². The van der Waals surface area contributed by atoms with E-state index >= 15 is 0 Å². The van der Waals surface area contributed by atoms with E-state index in [9.17, 15) is 18.0 Å². The zero-order valence-electron chi connectivity index (χ0n) is 11.3. The molecule has 0 aromatic heterocycles. The van der Waals surface area contributed by atoms with Crippen LogP contribution >= 0.6 is 11.8 Å². The molecule has 2 N–H and O–H groups in total. The fourth-order valence-electron chi connectivity index (χ4n) is 1.88. The fraction of sp³-hybridized carbons (Fsp3) is 0.250. The Kier molecular flexibility index (Phi) is 4.33. The van der Waals surface area contributed by atoms with Gasteiger partial charge in [0.25, 0.3) is 5.91 Å². The molecule has 1 aliphatic heterocycles. The van der Waals surface area contributed by atoms with Crippen LogP contribution in [-0.4, -0.2) is 37.6 Å². The summed E-state index contributed by atoms with van der Waals surface area (Å²) in [5.74, 6) is -0.902. The van der Waals surface area contributed by atoms with Gasteiger partial charge in [0.2, 0.25) is 10.0 Å². The van der Waals surface area contributed by atoms with E-state index in [1.807, 2.05) is 17.6 Å². The molecule has 0 fully saturated rings. The van der Waals surface area contributed by atoms with E-state index in [4.69, 9.17) is 0 Å². The van der Waals surface area contributed by atoms with Gasteiger partial charge in [-0.1, -0.05) is 6.07 Å². The lowest BCUT2D eigenvalue weighted by Crippen LogP contribution is -2.51. The first-order valence-electron chi connectivity index (χ1n) is 5.89. The summed E-state index contributed by atoms with van der Waals surface area (Å²) in [4.78, 5) is 27.2. The Hall–Kier alpha value is -1.87. The van der Waals surface area contributed by atoms with Gasteiger partial charge in [0.05, 0.1) is 5.71 Å². The first kappa shape index (κ1) is 15.5. The second-order valence-corrected chi connectivity index (χ2v) is 6.95. The van der Waals surface area contributed by atoms with Crippen LogP contribution in [0.4, 0.5) is 10.5 Å². The number of carbonyl (C=O) groups is 2. The number of aliphatic imine (C=N–C) groups is 1. The molecular formula is C12H13N3O4S2. The van der Waals surface area contributed by atoms with E-state index < -0.39 is 27.2 Å². The highest BCUT2D eigenvalue weighted by molar-refractivity contribution is 7.98. The van der Waals surface area contributed by atoms with Crippen LogP contribution in [0.25, 0.3) is 0 Å². The van der Waals surface area contributed by atoms with Gasteiger partial charge in [-0.15, -0.1) is 11.8 Å². The van der Waals surface area contributed by atoms with Gasteiger partial charge < -0.3 is 0 Å². The lowest BCUT2D eigenvalue weighted by atomic mass is 10.2. The number of anilines is 1. The first-order valence-corrected chi connectivity index (χ1v) is 8.66. The van der Waals surface area contributed by atoms with Gasteiger partial charge in [-0.3, -0.25) is 14.8 Å². The average molecular weight is 327 g/mol. The Morgan fingerprint density at radius 2 is 2.05 bits per heavy atom. The number of thioether (sulfide) groups is 1. The largest absolute Gasteiger partial charge is 0.347 e. The smallest absolute Gasteiger partial charge is 0.283 e. The number of imide groups is 1. The molecule has 9 heteroatoms. The Morgan fingerprint density at radius 1 is 1.33 bits per heavy atom. The lowest BCUT2D eigenvalue weighted by molar-refractivity contribution is -0.118. The first-order chi connectivity index (χ1) is 9.83. The average Bonchev–Trinajstić information content (AvgIpc) is 2.36. The SMILES string of the molecule is CSc1cccc(NS(=O)(=O)C2C(=O)NC(=O)N=C2C)c1. The third kappa shape index (κ3) is 3.42. The molecule has 0 saturated heterocycles. The van der Waals surface area contributed by atoms with Gasteiger partial charge in [0, 0.05) is 10.6 Å². The number of carbonyl (C=O) groups excluding carboxylic acids is 2. The van der Waals surface area contributed by atoms with Crippen LogP contribution in [0.15, 0.2) is 34.2 Å². The van der Waals surface area contributed by atoms with Crippen LogP contribution < -0.4 is 10.0 Å². The van der Waals surface area contributed by atoms with Gasteiger partial charge in [-0.25, -0.2) is 18.2 Å². The molecule has 0 radical (unpaired) electrons. The van der Waals surface area contributed by atoms with Crippen LogP contribution in [0.2, 0.25) is 0 Å². The molecule has 21 heavy (non-hydrogen) atoms. The molecule has 3 amide bonds. The fourth-order valence-corrected chi connectivity index (χ4v) is 3.76. The molecule has 0 spiro atoms. The predicted octanol–water partition coefficient (Wildman–Crippen LogP) is 1.23. The number of nitrogens with one attached hydrogen (secondary N) is 2. The summed E-state index contributed by atoms with van der Waals surface area (Å²) in [7, 11) is -4.04. The van der Waals surface area contributed by atoms with E-state index in [0.717, 1.165) is 4.90 Å². The van der Waals surface area contributed by atoms with Crippen LogP contribution in [-0.2, 0) is 14.8 Å². The van der Waals surface area contributed by atoms with Crippen molar-refractivity contribution < 1.29 is 18.0 Å². The molecule has 1 heterocycles. The quantitative estimate of drug-likeness (QED) is 0.809. The van der Waals surface area contributed by atoms with Crippen molar-refractivity contribution in [3.05, 3.63) is 24.3 Å². The van der Waals surface area contributed by atoms with E-state index in [0.29, 0.717) is 5.69 Å². The summed E-state index contributed by atoms with van der Waals surface area (Å²) in [5.41, 5.74) is 0.289. The van der Waals surface area contributed by atoms with Crippen LogP contribution in [0.3, 0.4) is 0 Å². The number of benzene rings is 1.